The van der Waals surface area contributed by atoms with Gasteiger partial charge >= 0.3 is 5.97 Å². The molecule has 0 aliphatic carbocycles. The standard InChI is InChI=1S/C20H32N2O7S/c1-7-29-18-11-15(8-9-17(18)28-5)20(21,12-30(6,26)27)22(14(4)23)16(19(24)25)10-13(2)3/h8-9,11,13,16H,7,10,12,21H2,1-6H3,(H,24,25)/t16-,20?/m0/s1/i1D3,5D3,7D2. The number of hydrogen-bond acceptors (Lipinski definition) is 7. The van der Waals surface area contributed by atoms with Crippen molar-refractivity contribution in [1.29, 1.82) is 0 Å². The van der Waals surface area contributed by atoms with E-state index in [4.69, 9.17) is 26.2 Å². The van der Waals surface area contributed by atoms with Crippen LogP contribution in [0.2, 0.25) is 0 Å². The summed E-state index contributed by atoms with van der Waals surface area (Å²) in [7, 11) is -7.13. The number of methoxy groups -OCH3 is 1. The molecule has 0 fully saturated rings. The molecule has 1 aromatic carbocycles. The van der Waals surface area contributed by atoms with Gasteiger partial charge in [-0.25, -0.2) is 13.2 Å². The fourth-order valence-electron chi connectivity index (χ4n) is 3.23. The Hall–Kier alpha value is -2.33. The van der Waals surface area contributed by atoms with Crippen LogP contribution in [-0.2, 0) is 25.1 Å². The number of benzene rings is 1. The molecule has 0 spiro atoms. The third-order valence-electron chi connectivity index (χ3n) is 4.26. The number of nitrogens with two attached hydrogens (primary N) is 1. The van der Waals surface area contributed by atoms with Crippen molar-refractivity contribution in [3.63, 3.8) is 0 Å². The fraction of sp³-hybridized carbons (Fsp3) is 0.600. The average molecular weight is 453 g/mol. The van der Waals surface area contributed by atoms with E-state index in [9.17, 15) is 23.1 Å². The van der Waals surface area contributed by atoms with E-state index in [0.29, 0.717) is 4.90 Å². The number of carbonyl (C=O) groups is 2. The van der Waals surface area contributed by atoms with E-state index in [1.165, 1.54) is 0 Å². The van der Waals surface area contributed by atoms with Crippen molar-refractivity contribution < 1.29 is 43.6 Å². The number of sulfone groups is 1. The van der Waals surface area contributed by atoms with Gasteiger partial charge in [-0.2, -0.15) is 0 Å². The van der Waals surface area contributed by atoms with Crippen molar-refractivity contribution in [2.75, 3.05) is 25.6 Å². The maximum absolute atomic E-state index is 12.8. The lowest BCUT2D eigenvalue weighted by atomic mass is 9.94. The number of aliphatic carboxylic acids is 1. The first-order valence-corrected chi connectivity index (χ1v) is 10.9. The second kappa shape index (κ2) is 10.1. The minimum absolute atomic E-state index is 0.122. The predicted octanol–water partition coefficient (Wildman–Crippen LogP) is 1.60. The molecule has 0 aliphatic heterocycles. The monoisotopic (exact) mass is 452 g/mol. The summed E-state index contributed by atoms with van der Waals surface area (Å²) in [6.07, 6.45) is 0.671. The Labute approximate surface area is 189 Å². The number of amides is 1. The molecule has 1 unspecified atom stereocenters. The first-order chi connectivity index (χ1) is 16.8. The smallest absolute Gasteiger partial charge is 0.326 e. The SMILES string of the molecule is [2H]C([2H])([2H])Oc1ccc(C(N)(CS(C)(=O)=O)N(C(C)=O)[C@@H](CC(C)C)C(=O)O)cc1OC([2H])([2H])C([2H])([2H])[2H]. The van der Waals surface area contributed by atoms with Gasteiger partial charge in [-0.3, -0.25) is 4.79 Å². The van der Waals surface area contributed by atoms with Gasteiger partial charge in [0, 0.05) is 17.3 Å². The molecule has 30 heavy (non-hydrogen) atoms. The molecule has 10 heteroatoms. The molecule has 2 atom stereocenters. The van der Waals surface area contributed by atoms with Crippen LogP contribution < -0.4 is 15.2 Å². The quantitative estimate of drug-likeness (QED) is 0.483. The lowest BCUT2D eigenvalue weighted by Crippen LogP contribution is -2.64. The lowest BCUT2D eigenvalue weighted by Gasteiger charge is -2.44. The third kappa shape index (κ3) is 6.33. The largest absolute Gasteiger partial charge is 0.493 e. The Balaban J connectivity index is 4.02. The topological polar surface area (TPSA) is 136 Å². The molecule has 1 rings (SSSR count). The van der Waals surface area contributed by atoms with Gasteiger partial charge in [0.25, 0.3) is 0 Å². The molecule has 0 heterocycles. The van der Waals surface area contributed by atoms with Crippen LogP contribution in [0.4, 0.5) is 0 Å². The van der Waals surface area contributed by atoms with Gasteiger partial charge in [0.1, 0.15) is 11.7 Å². The van der Waals surface area contributed by atoms with Crippen molar-refractivity contribution in [1.82, 2.24) is 4.90 Å². The van der Waals surface area contributed by atoms with Gasteiger partial charge in [0.15, 0.2) is 21.3 Å². The second-order valence-electron chi connectivity index (χ2n) is 7.33. The number of hydrogen-bond donors (Lipinski definition) is 2. The number of ether oxygens (including phenoxy) is 2. The predicted molar refractivity (Wildman–Crippen MR) is 113 cm³/mol. The summed E-state index contributed by atoms with van der Waals surface area (Å²) in [5.74, 6) is -5.10. The Bertz CT molecular complexity index is 1140. The van der Waals surface area contributed by atoms with Gasteiger partial charge < -0.3 is 25.2 Å². The zero-order valence-corrected chi connectivity index (χ0v) is 17.9. The Morgan fingerprint density at radius 1 is 1.37 bits per heavy atom. The van der Waals surface area contributed by atoms with Crippen LogP contribution in [0.15, 0.2) is 18.2 Å². The minimum atomic E-state index is -4.04. The molecule has 0 saturated carbocycles. The van der Waals surface area contributed by atoms with Gasteiger partial charge in [-0.15, -0.1) is 0 Å². The maximum Gasteiger partial charge on any atom is 0.326 e. The van der Waals surface area contributed by atoms with E-state index >= 15 is 0 Å². The second-order valence-corrected chi connectivity index (χ2v) is 9.47. The normalized spacial score (nSPS) is 19.9. The highest BCUT2D eigenvalue weighted by atomic mass is 32.2. The first-order valence-electron chi connectivity index (χ1n) is 12.8. The van der Waals surface area contributed by atoms with E-state index in [-0.39, 0.29) is 17.9 Å². The highest BCUT2D eigenvalue weighted by molar-refractivity contribution is 7.90. The van der Waals surface area contributed by atoms with Crippen LogP contribution in [0, 0.1) is 5.92 Å². The highest BCUT2D eigenvalue weighted by Gasteiger charge is 2.46. The number of carboxylic acids is 1. The summed E-state index contributed by atoms with van der Waals surface area (Å²) >= 11 is 0. The molecule has 0 bridgehead atoms. The summed E-state index contributed by atoms with van der Waals surface area (Å²) in [6, 6.07) is 1.18. The van der Waals surface area contributed by atoms with Crippen LogP contribution in [0.5, 0.6) is 11.5 Å². The Kier molecular flexibility index (Phi) is 5.22. The molecule has 3 N–H and O–H groups in total. The highest BCUT2D eigenvalue weighted by Crippen LogP contribution is 2.36. The van der Waals surface area contributed by atoms with Gasteiger partial charge in [0.2, 0.25) is 5.91 Å². The summed E-state index contributed by atoms with van der Waals surface area (Å²) < 4.78 is 94.4. The molecule has 0 aromatic heterocycles. The molecule has 9 nitrogen and oxygen atoms in total. The summed E-state index contributed by atoms with van der Waals surface area (Å²) in [5, 5.41) is 9.90. The third-order valence-corrected chi connectivity index (χ3v) is 5.22. The molecular weight excluding hydrogens is 412 g/mol. The van der Waals surface area contributed by atoms with E-state index in [1.54, 1.807) is 13.8 Å². The number of nitrogens with zero attached hydrogens (tertiary/aromatic N) is 1. The minimum Gasteiger partial charge on any atom is -0.493 e. The van der Waals surface area contributed by atoms with E-state index < -0.39 is 71.1 Å². The van der Waals surface area contributed by atoms with Crippen LogP contribution >= 0.6 is 0 Å². The van der Waals surface area contributed by atoms with E-state index in [0.717, 1.165) is 31.4 Å². The van der Waals surface area contributed by atoms with Gasteiger partial charge in [-0.1, -0.05) is 19.9 Å². The molecule has 0 aliphatic rings. The van der Waals surface area contributed by atoms with Crippen LogP contribution in [0.25, 0.3) is 0 Å². The van der Waals surface area contributed by atoms with E-state index in [1.807, 2.05) is 0 Å². The molecular formula is C20H32N2O7S. The van der Waals surface area contributed by atoms with Gasteiger partial charge in [0.05, 0.1) is 26.2 Å². The molecule has 0 saturated heterocycles. The zero-order valence-electron chi connectivity index (χ0n) is 25.1. The average Bonchev–Trinajstić information content (AvgIpc) is 2.64. The Morgan fingerprint density at radius 2 is 2.03 bits per heavy atom. The summed E-state index contributed by atoms with van der Waals surface area (Å²) in [5.41, 5.74) is 3.79. The van der Waals surface area contributed by atoms with Crippen LogP contribution in [0.3, 0.4) is 0 Å². The summed E-state index contributed by atoms with van der Waals surface area (Å²) in [6.45, 7) is -2.41. The first kappa shape index (κ1) is 15.5. The van der Waals surface area contributed by atoms with Crippen molar-refractivity contribution in [2.45, 2.75) is 45.7 Å². The van der Waals surface area contributed by atoms with Crippen molar-refractivity contribution in [3.05, 3.63) is 23.8 Å². The number of rotatable bonds is 11. The zero-order chi connectivity index (χ0) is 30.1. The van der Waals surface area contributed by atoms with Crippen molar-refractivity contribution >= 4 is 21.7 Å². The van der Waals surface area contributed by atoms with Gasteiger partial charge in [-0.05, 0) is 36.9 Å². The van der Waals surface area contributed by atoms with Crippen molar-refractivity contribution in [2.24, 2.45) is 11.7 Å². The maximum atomic E-state index is 12.8. The molecule has 170 valence electrons. The Morgan fingerprint density at radius 3 is 2.50 bits per heavy atom. The fourth-order valence-corrected chi connectivity index (χ4v) is 4.33. The molecule has 0 radical (unpaired) electrons. The summed E-state index contributed by atoms with van der Waals surface area (Å²) in [4.78, 5) is 25.6. The van der Waals surface area contributed by atoms with Crippen LogP contribution in [-0.4, -0.2) is 61.9 Å². The van der Waals surface area contributed by atoms with Crippen LogP contribution in [0.1, 0.15) is 50.6 Å². The van der Waals surface area contributed by atoms with Crippen molar-refractivity contribution in [3.8, 4) is 11.5 Å². The lowest BCUT2D eigenvalue weighted by molar-refractivity contribution is -0.156. The number of carbonyl (C=O) groups excluding carboxylic acids is 1. The number of carboxylic acid groups (broad SMARTS) is 1. The molecule has 1 aromatic rings. The van der Waals surface area contributed by atoms with E-state index in [2.05, 4.69) is 0 Å². The molecule has 1 amide bonds.